The molecule has 0 atom stereocenters. The van der Waals surface area contributed by atoms with Gasteiger partial charge in [-0.1, -0.05) is 11.3 Å². The van der Waals surface area contributed by atoms with E-state index in [0.29, 0.717) is 0 Å². The molecule has 4 N–H and O–H groups in total. The van der Waals surface area contributed by atoms with Gasteiger partial charge in [0.2, 0.25) is 5.91 Å². The molecule has 0 aliphatic carbocycles. The number of alkyl halides is 3. The number of ether oxygens (including phenoxy) is 1. The van der Waals surface area contributed by atoms with E-state index in [-0.39, 0.29) is 76.8 Å². The van der Waals surface area contributed by atoms with E-state index in [1.165, 1.54) is 12.0 Å². The molecule has 38 heavy (non-hydrogen) atoms. The molecule has 3 heterocycles. The number of carbonyl (C=O) groups excluding carboxylic acids is 1. The van der Waals surface area contributed by atoms with E-state index in [2.05, 4.69) is 15.0 Å². The largest absolute Gasteiger partial charge is 0.467 e. The van der Waals surface area contributed by atoms with Gasteiger partial charge in [-0.25, -0.2) is 13.8 Å². The summed E-state index contributed by atoms with van der Waals surface area (Å²) in [6, 6.07) is 2.47. The molecule has 0 radical (unpaired) electrons. The van der Waals surface area contributed by atoms with Crippen LogP contribution in [-0.2, 0) is 11.0 Å². The highest BCUT2D eigenvalue weighted by atomic mass is 32.1. The predicted molar refractivity (Wildman–Crippen MR) is 132 cm³/mol. The van der Waals surface area contributed by atoms with Crippen molar-refractivity contribution in [3.63, 3.8) is 0 Å². The third kappa shape index (κ3) is 4.30. The Kier molecular flexibility index (Phi) is 6.43. The summed E-state index contributed by atoms with van der Waals surface area (Å²) >= 11 is 0.741. The zero-order valence-corrected chi connectivity index (χ0v) is 20.6. The molecule has 200 valence electrons. The quantitative estimate of drug-likeness (QED) is 0.369. The Balaban J connectivity index is 1.76. The molecule has 15 heteroatoms. The lowest BCUT2D eigenvalue weighted by Gasteiger charge is -2.35. The fraction of sp³-hybridized carbons (Fsp3) is 0.304. The van der Waals surface area contributed by atoms with Gasteiger partial charge in [0.1, 0.15) is 17.2 Å². The highest BCUT2D eigenvalue weighted by Gasteiger charge is 2.38. The number of rotatable bonds is 4. The van der Waals surface area contributed by atoms with Crippen LogP contribution in [0.3, 0.4) is 0 Å². The summed E-state index contributed by atoms with van der Waals surface area (Å²) in [5, 5.41) is -0.284. The van der Waals surface area contributed by atoms with Crippen LogP contribution in [0.25, 0.3) is 32.2 Å². The topological polar surface area (TPSA) is 123 Å². The molecule has 0 bridgehead atoms. The molecule has 1 saturated heterocycles. The Labute approximate surface area is 215 Å². The minimum atomic E-state index is -5.00. The first-order valence-corrected chi connectivity index (χ1v) is 12.1. The van der Waals surface area contributed by atoms with Crippen LogP contribution in [-0.4, -0.2) is 65.6 Å². The van der Waals surface area contributed by atoms with E-state index in [1.807, 2.05) is 0 Å². The van der Waals surface area contributed by atoms with Crippen molar-refractivity contribution in [2.45, 2.75) is 6.18 Å². The third-order valence-corrected chi connectivity index (χ3v) is 7.16. The lowest BCUT2D eigenvalue weighted by molar-refractivity contribution is -0.137. The van der Waals surface area contributed by atoms with Gasteiger partial charge in [0, 0.05) is 42.7 Å². The van der Waals surface area contributed by atoms with E-state index in [9.17, 15) is 22.4 Å². The summed E-state index contributed by atoms with van der Waals surface area (Å²) in [5.41, 5.74) is 8.05. The molecule has 0 unspecified atom stereocenters. The number of halogens is 5. The second-order valence-electron chi connectivity index (χ2n) is 8.44. The summed E-state index contributed by atoms with van der Waals surface area (Å²) in [4.78, 5) is 27.3. The number of nitrogens with two attached hydrogens (primary N) is 2. The third-order valence-electron chi connectivity index (χ3n) is 6.27. The van der Waals surface area contributed by atoms with Crippen LogP contribution in [0.4, 0.5) is 32.9 Å². The molecule has 1 aliphatic heterocycles. The number of hydrogen-bond acceptors (Lipinski definition) is 9. The van der Waals surface area contributed by atoms with Gasteiger partial charge in [0.25, 0.3) is 0 Å². The minimum Gasteiger partial charge on any atom is -0.467 e. The second kappa shape index (κ2) is 9.47. The molecule has 2 aromatic carbocycles. The number of fused-ring (bicyclic) bond motifs is 2. The fourth-order valence-electron chi connectivity index (χ4n) is 4.50. The molecule has 0 saturated carbocycles. The smallest absolute Gasteiger partial charge is 0.417 e. The molecule has 1 amide bonds. The van der Waals surface area contributed by atoms with E-state index < -0.39 is 34.5 Å². The van der Waals surface area contributed by atoms with Crippen LogP contribution in [0.15, 0.2) is 18.2 Å². The number of amides is 1. The number of methoxy groups -OCH3 is 1. The number of nitrogen functional groups attached to an aromatic ring is 1. The van der Waals surface area contributed by atoms with Crippen LogP contribution >= 0.6 is 11.3 Å². The molecular formula is C23H20F5N7O2S. The van der Waals surface area contributed by atoms with Crippen LogP contribution < -0.4 is 21.1 Å². The van der Waals surface area contributed by atoms with Crippen LogP contribution in [0.2, 0.25) is 0 Å². The number of aromatic nitrogens is 3. The van der Waals surface area contributed by atoms with Gasteiger partial charge in [-0.15, -0.1) is 0 Å². The molecule has 1 aliphatic rings. The van der Waals surface area contributed by atoms with E-state index in [1.54, 1.807) is 4.90 Å². The van der Waals surface area contributed by atoms with E-state index in [0.717, 1.165) is 29.5 Å². The second-order valence-corrected chi connectivity index (χ2v) is 9.47. The van der Waals surface area contributed by atoms with Gasteiger partial charge >= 0.3 is 12.2 Å². The van der Waals surface area contributed by atoms with Gasteiger partial charge < -0.3 is 26.0 Å². The van der Waals surface area contributed by atoms with Gasteiger partial charge in [-0.05, 0) is 18.2 Å². The maximum atomic E-state index is 16.2. The summed E-state index contributed by atoms with van der Waals surface area (Å²) in [5.74, 6) is -2.29. The fourth-order valence-corrected chi connectivity index (χ4v) is 5.26. The van der Waals surface area contributed by atoms with Crippen molar-refractivity contribution in [3.8, 4) is 17.1 Å². The SMILES string of the molecule is COc1nc(N2CCN(C(=O)CN)CC2)c2cc(C(F)(F)F)c(-c3ccc(F)c4sc(N)nc34)c(F)c2n1. The monoisotopic (exact) mass is 553 g/mol. The number of piperazine rings is 1. The molecule has 2 aromatic heterocycles. The summed E-state index contributed by atoms with van der Waals surface area (Å²) in [6.07, 6.45) is -5.00. The van der Waals surface area contributed by atoms with Crippen molar-refractivity contribution in [2.75, 3.05) is 50.5 Å². The summed E-state index contributed by atoms with van der Waals surface area (Å²) in [7, 11) is 1.24. The maximum Gasteiger partial charge on any atom is 0.417 e. The van der Waals surface area contributed by atoms with Crippen molar-refractivity contribution in [3.05, 3.63) is 35.4 Å². The van der Waals surface area contributed by atoms with Crippen LogP contribution in [0.5, 0.6) is 6.01 Å². The zero-order valence-electron chi connectivity index (χ0n) is 19.8. The molecule has 9 nitrogen and oxygen atoms in total. The first kappa shape index (κ1) is 25.8. The predicted octanol–water partition coefficient (Wildman–Crippen LogP) is 3.40. The molecule has 1 fully saturated rings. The van der Waals surface area contributed by atoms with Crippen LogP contribution in [0, 0.1) is 11.6 Å². The Bertz CT molecular complexity index is 1570. The van der Waals surface area contributed by atoms with Crippen molar-refractivity contribution in [1.82, 2.24) is 19.9 Å². The summed E-state index contributed by atoms with van der Waals surface area (Å²) in [6.45, 7) is 0.740. The number of nitrogens with zero attached hydrogens (tertiary/aromatic N) is 5. The van der Waals surface area contributed by atoms with Crippen LogP contribution in [0.1, 0.15) is 5.56 Å². The maximum absolute atomic E-state index is 16.2. The highest BCUT2D eigenvalue weighted by Crippen LogP contribution is 2.46. The Morgan fingerprint density at radius 3 is 2.45 bits per heavy atom. The molecule has 4 aromatic rings. The van der Waals surface area contributed by atoms with Crippen molar-refractivity contribution in [2.24, 2.45) is 5.73 Å². The Hall–Kier alpha value is -3.85. The minimum absolute atomic E-state index is 0.0183. The van der Waals surface area contributed by atoms with Gasteiger partial charge in [-0.3, -0.25) is 4.79 Å². The molecule has 5 rings (SSSR count). The number of hydrogen-bond donors (Lipinski definition) is 2. The average Bonchev–Trinajstić information content (AvgIpc) is 3.30. The van der Waals surface area contributed by atoms with Gasteiger partial charge in [0.15, 0.2) is 10.9 Å². The average molecular weight is 554 g/mol. The first-order valence-electron chi connectivity index (χ1n) is 11.3. The molecule has 0 spiro atoms. The van der Waals surface area contributed by atoms with Gasteiger partial charge in [-0.2, -0.15) is 23.1 Å². The van der Waals surface area contributed by atoms with Crippen molar-refractivity contribution < 1.29 is 31.5 Å². The van der Waals surface area contributed by atoms with Gasteiger partial charge in [0.05, 0.1) is 29.4 Å². The number of benzene rings is 2. The van der Waals surface area contributed by atoms with E-state index >= 15 is 4.39 Å². The highest BCUT2D eigenvalue weighted by molar-refractivity contribution is 7.22. The first-order chi connectivity index (χ1) is 18.0. The van der Waals surface area contributed by atoms with Crippen molar-refractivity contribution >= 4 is 49.3 Å². The van der Waals surface area contributed by atoms with E-state index in [4.69, 9.17) is 16.2 Å². The number of thiazole rings is 1. The van der Waals surface area contributed by atoms with Crippen molar-refractivity contribution in [1.29, 1.82) is 0 Å². The standard InChI is InChI=1S/C23H20F5N7O2S/c1-37-22-32-17-11(20(33-22)35-6-4-34(5-7-35)14(36)9-29)8-12(23(26,27)28)15(16(17)25)10-2-3-13(24)19-18(10)31-21(30)38-19/h2-3,8H,4-7,9,29H2,1H3,(H2,30,31). The lowest BCUT2D eigenvalue weighted by atomic mass is 9.95. The zero-order chi connectivity index (χ0) is 27.4. The Morgan fingerprint density at radius 1 is 1.11 bits per heavy atom. The number of carbonyl (C=O) groups is 1. The Morgan fingerprint density at radius 2 is 1.82 bits per heavy atom. The normalized spacial score (nSPS) is 14.5. The lowest BCUT2D eigenvalue weighted by Crippen LogP contribution is -2.50. The summed E-state index contributed by atoms with van der Waals surface area (Å²) < 4.78 is 78.8. The molecular weight excluding hydrogens is 533 g/mol. The number of anilines is 2.